The van der Waals surface area contributed by atoms with Gasteiger partial charge in [0.2, 0.25) is 0 Å². The number of anilines is 1. The number of carbonyl (C=O) groups excluding carboxylic acids is 1. The molecular formula is C19H18N4O4. The van der Waals surface area contributed by atoms with Crippen LogP contribution in [0.5, 0.6) is 0 Å². The van der Waals surface area contributed by atoms with E-state index in [1.807, 2.05) is 30.3 Å². The quantitative estimate of drug-likeness (QED) is 0.378. The second kappa shape index (κ2) is 7.69. The fourth-order valence-electron chi connectivity index (χ4n) is 2.56. The van der Waals surface area contributed by atoms with E-state index < -0.39 is 10.9 Å². The second-order valence-corrected chi connectivity index (χ2v) is 6.06. The van der Waals surface area contributed by atoms with Gasteiger partial charge in [-0.3, -0.25) is 10.1 Å². The van der Waals surface area contributed by atoms with Crippen molar-refractivity contribution in [3.05, 3.63) is 82.2 Å². The molecule has 8 heteroatoms. The molecule has 0 aliphatic carbocycles. The van der Waals surface area contributed by atoms with Crippen LogP contribution in [0.4, 0.5) is 11.4 Å². The SMILES string of the molecule is CN(C)c1ccc(C(=O)OCc2cnn(-c3ccccc3)c2)cc1[N+](=O)[O-]. The number of esters is 1. The largest absolute Gasteiger partial charge is 0.457 e. The summed E-state index contributed by atoms with van der Waals surface area (Å²) in [5, 5.41) is 15.5. The van der Waals surface area contributed by atoms with Crippen molar-refractivity contribution in [1.82, 2.24) is 9.78 Å². The number of nitrogens with zero attached hydrogens (tertiary/aromatic N) is 4. The first-order chi connectivity index (χ1) is 13.0. The van der Waals surface area contributed by atoms with Gasteiger partial charge in [-0.1, -0.05) is 18.2 Å². The van der Waals surface area contributed by atoms with Crippen LogP contribution in [0.3, 0.4) is 0 Å². The highest BCUT2D eigenvalue weighted by Crippen LogP contribution is 2.28. The van der Waals surface area contributed by atoms with Crippen molar-refractivity contribution in [3.63, 3.8) is 0 Å². The third-order valence-electron chi connectivity index (χ3n) is 3.92. The van der Waals surface area contributed by atoms with Crippen LogP contribution < -0.4 is 4.90 Å². The van der Waals surface area contributed by atoms with Gasteiger partial charge in [0.15, 0.2) is 0 Å². The molecule has 1 heterocycles. The van der Waals surface area contributed by atoms with Gasteiger partial charge in [0.05, 0.1) is 22.4 Å². The average Bonchev–Trinajstić information content (AvgIpc) is 3.15. The first kappa shape index (κ1) is 18.1. The van der Waals surface area contributed by atoms with Crippen LogP contribution >= 0.6 is 0 Å². The molecule has 3 aromatic rings. The Morgan fingerprint density at radius 1 is 1.22 bits per heavy atom. The molecule has 0 N–H and O–H groups in total. The predicted molar refractivity (Wildman–Crippen MR) is 100 cm³/mol. The zero-order chi connectivity index (χ0) is 19.4. The van der Waals surface area contributed by atoms with Gasteiger partial charge in [0.25, 0.3) is 5.69 Å². The number of hydrogen-bond donors (Lipinski definition) is 0. The molecule has 0 bridgehead atoms. The highest BCUT2D eigenvalue weighted by Gasteiger charge is 2.19. The van der Waals surface area contributed by atoms with Crippen LogP contribution in [-0.4, -0.2) is 34.8 Å². The van der Waals surface area contributed by atoms with Gasteiger partial charge >= 0.3 is 5.97 Å². The van der Waals surface area contributed by atoms with E-state index >= 15 is 0 Å². The average molecular weight is 366 g/mol. The van der Waals surface area contributed by atoms with Crippen molar-refractivity contribution in [1.29, 1.82) is 0 Å². The van der Waals surface area contributed by atoms with Crippen LogP contribution in [0, 0.1) is 10.1 Å². The summed E-state index contributed by atoms with van der Waals surface area (Å²) in [4.78, 5) is 24.6. The molecular weight excluding hydrogens is 348 g/mol. The Hall–Kier alpha value is -3.68. The normalized spacial score (nSPS) is 10.4. The molecule has 3 rings (SSSR count). The van der Waals surface area contributed by atoms with Gasteiger partial charge in [-0.25, -0.2) is 9.48 Å². The lowest BCUT2D eigenvalue weighted by Crippen LogP contribution is -2.12. The summed E-state index contributed by atoms with van der Waals surface area (Å²) in [7, 11) is 3.40. The second-order valence-electron chi connectivity index (χ2n) is 6.06. The Bertz CT molecular complexity index is 967. The summed E-state index contributed by atoms with van der Waals surface area (Å²) in [5.74, 6) is -0.629. The molecule has 0 aliphatic rings. The first-order valence-electron chi connectivity index (χ1n) is 8.17. The zero-order valence-electron chi connectivity index (χ0n) is 14.9. The summed E-state index contributed by atoms with van der Waals surface area (Å²) in [6.45, 7) is 0.0227. The number of benzene rings is 2. The lowest BCUT2D eigenvalue weighted by molar-refractivity contribution is -0.384. The molecule has 2 aromatic carbocycles. The third-order valence-corrected chi connectivity index (χ3v) is 3.92. The van der Waals surface area contributed by atoms with Gasteiger partial charge in [-0.2, -0.15) is 5.10 Å². The van der Waals surface area contributed by atoms with E-state index in [1.165, 1.54) is 18.2 Å². The molecule has 138 valence electrons. The van der Waals surface area contributed by atoms with E-state index in [2.05, 4.69) is 5.10 Å². The fraction of sp³-hybridized carbons (Fsp3) is 0.158. The van der Waals surface area contributed by atoms with Crippen molar-refractivity contribution in [2.24, 2.45) is 0 Å². The van der Waals surface area contributed by atoms with Crippen LogP contribution in [0.1, 0.15) is 15.9 Å². The molecule has 0 fully saturated rings. The van der Waals surface area contributed by atoms with Crippen molar-refractivity contribution in [2.75, 3.05) is 19.0 Å². The van der Waals surface area contributed by atoms with Crippen LogP contribution in [0.15, 0.2) is 60.9 Å². The molecule has 0 saturated carbocycles. The lowest BCUT2D eigenvalue weighted by atomic mass is 10.1. The van der Waals surface area contributed by atoms with Crippen LogP contribution in [-0.2, 0) is 11.3 Å². The Kier molecular flexibility index (Phi) is 5.16. The lowest BCUT2D eigenvalue weighted by Gasteiger charge is -2.13. The Labute approximate surface area is 155 Å². The highest BCUT2D eigenvalue weighted by atomic mass is 16.6. The van der Waals surface area contributed by atoms with Crippen LogP contribution in [0.25, 0.3) is 5.69 Å². The van der Waals surface area contributed by atoms with E-state index in [-0.39, 0.29) is 17.9 Å². The minimum Gasteiger partial charge on any atom is -0.457 e. The smallest absolute Gasteiger partial charge is 0.338 e. The number of para-hydroxylation sites is 1. The van der Waals surface area contributed by atoms with E-state index in [0.717, 1.165) is 5.69 Å². The molecule has 0 saturated heterocycles. The molecule has 0 aliphatic heterocycles. The van der Waals surface area contributed by atoms with Crippen molar-refractivity contribution >= 4 is 17.3 Å². The van der Waals surface area contributed by atoms with Gasteiger partial charge < -0.3 is 9.64 Å². The number of aromatic nitrogens is 2. The number of carbonyl (C=O) groups is 1. The Morgan fingerprint density at radius 2 is 1.96 bits per heavy atom. The van der Waals surface area contributed by atoms with Crippen molar-refractivity contribution < 1.29 is 14.5 Å². The molecule has 27 heavy (non-hydrogen) atoms. The molecule has 0 radical (unpaired) electrons. The van der Waals surface area contributed by atoms with Crippen LogP contribution in [0.2, 0.25) is 0 Å². The van der Waals surface area contributed by atoms with Crippen molar-refractivity contribution in [2.45, 2.75) is 6.61 Å². The standard InChI is InChI=1S/C19H18N4O4/c1-21(2)17-9-8-15(10-18(17)23(25)26)19(24)27-13-14-11-20-22(12-14)16-6-4-3-5-7-16/h3-12H,13H2,1-2H3. The van der Waals surface area contributed by atoms with Gasteiger partial charge in [0, 0.05) is 31.9 Å². The summed E-state index contributed by atoms with van der Waals surface area (Å²) in [6.07, 6.45) is 3.37. The monoisotopic (exact) mass is 366 g/mol. The first-order valence-corrected chi connectivity index (χ1v) is 8.17. The minimum atomic E-state index is -0.629. The Balaban J connectivity index is 1.70. The molecule has 0 amide bonds. The van der Waals surface area contributed by atoms with E-state index in [4.69, 9.17) is 4.74 Å². The van der Waals surface area contributed by atoms with Gasteiger partial charge in [0.1, 0.15) is 12.3 Å². The maximum absolute atomic E-state index is 12.3. The molecule has 8 nitrogen and oxygen atoms in total. The van der Waals surface area contributed by atoms with E-state index in [0.29, 0.717) is 11.3 Å². The number of ether oxygens (including phenoxy) is 1. The summed E-state index contributed by atoms with van der Waals surface area (Å²) < 4.78 is 6.95. The van der Waals surface area contributed by atoms with E-state index in [1.54, 1.807) is 36.1 Å². The van der Waals surface area contributed by atoms with Gasteiger partial charge in [-0.15, -0.1) is 0 Å². The zero-order valence-corrected chi connectivity index (χ0v) is 14.9. The fourth-order valence-corrected chi connectivity index (χ4v) is 2.56. The van der Waals surface area contributed by atoms with Crippen molar-refractivity contribution in [3.8, 4) is 5.69 Å². The Morgan fingerprint density at radius 3 is 2.63 bits per heavy atom. The predicted octanol–water partition coefficient (Wildman–Crippen LogP) is 3.20. The summed E-state index contributed by atoms with van der Waals surface area (Å²) >= 11 is 0. The number of nitro benzene ring substituents is 1. The minimum absolute atomic E-state index is 0.0227. The summed E-state index contributed by atoms with van der Waals surface area (Å²) in [6, 6.07) is 13.8. The summed E-state index contributed by atoms with van der Waals surface area (Å²) in [5.41, 5.74) is 2.01. The molecule has 0 atom stereocenters. The number of nitro groups is 1. The maximum Gasteiger partial charge on any atom is 0.338 e. The molecule has 0 unspecified atom stereocenters. The molecule has 1 aromatic heterocycles. The van der Waals surface area contributed by atoms with E-state index in [9.17, 15) is 14.9 Å². The maximum atomic E-state index is 12.3. The third kappa shape index (κ3) is 4.12. The number of hydrogen-bond acceptors (Lipinski definition) is 6. The highest BCUT2D eigenvalue weighted by molar-refractivity contribution is 5.91. The topological polar surface area (TPSA) is 90.5 Å². The molecule has 0 spiro atoms. The number of rotatable bonds is 6. The van der Waals surface area contributed by atoms with Gasteiger partial charge in [-0.05, 0) is 24.3 Å².